The molecule has 1 amide bonds. The summed E-state index contributed by atoms with van der Waals surface area (Å²) < 4.78 is 13.4. The monoisotopic (exact) mass is 447 g/mol. The molecular formula is C23H34FN5OS. The van der Waals surface area contributed by atoms with Crippen molar-refractivity contribution in [2.75, 3.05) is 63.2 Å². The summed E-state index contributed by atoms with van der Waals surface area (Å²) in [6.07, 6.45) is 0. The lowest BCUT2D eigenvalue weighted by molar-refractivity contribution is -0.125. The Labute approximate surface area is 189 Å². The van der Waals surface area contributed by atoms with Crippen molar-refractivity contribution in [2.24, 2.45) is 5.41 Å². The Morgan fingerprint density at radius 3 is 2.35 bits per heavy atom. The molecule has 31 heavy (non-hydrogen) atoms. The van der Waals surface area contributed by atoms with Gasteiger partial charge in [-0.05, 0) is 38.4 Å². The lowest BCUT2D eigenvalue weighted by Crippen LogP contribution is -2.48. The Kier molecular flexibility index (Phi) is 7.67. The van der Waals surface area contributed by atoms with Gasteiger partial charge in [0.25, 0.3) is 0 Å². The maximum atomic E-state index is 13.4. The van der Waals surface area contributed by atoms with Gasteiger partial charge in [0, 0.05) is 55.8 Å². The van der Waals surface area contributed by atoms with E-state index in [0.29, 0.717) is 12.2 Å². The zero-order valence-corrected chi connectivity index (χ0v) is 20.1. The van der Waals surface area contributed by atoms with Crippen molar-refractivity contribution in [2.45, 2.75) is 27.3 Å². The number of hydrogen-bond donors (Lipinski definition) is 0. The third-order valence-corrected chi connectivity index (χ3v) is 6.34. The summed E-state index contributed by atoms with van der Waals surface area (Å²) >= 11 is 1.62. The van der Waals surface area contributed by atoms with Crippen LogP contribution in [0, 0.1) is 11.2 Å². The highest BCUT2D eigenvalue weighted by molar-refractivity contribution is 7.13. The van der Waals surface area contributed by atoms with Crippen LogP contribution in [-0.2, 0) is 11.3 Å². The molecule has 0 unspecified atom stereocenters. The number of thiazole rings is 1. The Hall–Kier alpha value is -2.03. The van der Waals surface area contributed by atoms with Gasteiger partial charge in [-0.2, -0.15) is 0 Å². The molecule has 1 fully saturated rings. The Bertz CT molecular complexity index is 854. The Morgan fingerprint density at radius 2 is 1.77 bits per heavy atom. The molecule has 6 nitrogen and oxygen atoms in total. The lowest BCUT2D eigenvalue weighted by atomic mass is 9.94. The van der Waals surface area contributed by atoms with E-state index in [1.807, 2.05) is 26.2 Å². The van der Waals surface area contributed by atoms with Crippen molar-refractivity contribution in [3.8, 4) is 0 Å². The van der Waals surface area contributed by atoms with Crippen LogP contribution in [0.1, 0.15) is 26.5 Å². The third-order valence-electron chi connectivity index (χ3n) is 5.39. The van der Waals surface area contributed by atoms with Gasteiger partial charge in [-0.3, -0.25) is 9.69 Å². The number of hydrogen-bond acceptors (Lipinski definition) is 6. The first-order valence-corrected chi connectivity index (χ1v) is 11.7. The second kappa shape index (κ2) is 10.1. The first-order valence-electron chi connectivity index (χ1n) is 10.8. The molecule has 0 saturated carbocycles. The molecule has 170 valence electrons. The molecular weight excluding hydrogens is 413 g/mol. The number of amides is 1. The third kappa shape index (κ3) is 6.48. The number of halogens is 1. The van der Waals surface area contributed by atoms with Crippen LogP contribution >= 0.6 is 11.3 Å². The van der Waals surface area contributed by atoms with E-state index in [1.165, 1.54) is 12.1 Å². The molecule has 0 spiro atoms. The molecule has 0 atom stereocenters. The fraction of sp³-hybridized carbons (Fsp3) is 0.565. The zero-order chi connectivity index (χ0) is 22.6. The predicted molar refractivity (Wildman–Crippen MR) is 126 cm³/mol. The van der Waals surface area contributed by atoms with Crippen molar-refractivity contribution in [3.63, 3.8) is 0 Å². The van der Waals surface area contributed by atoms with Crippen molar-refractivity contribution >= 4 is 28.1 Å². The van der Waals surface area contributed by atoms with E-state index in [2.05, 4.69) is 28.8 Å². The number of carbonyl (C=O) groups is 1. The van der Waals surface area contributed by atoms with Crippen LogP contribution in [0.25, 0.3) is 0 Å². The summed E-state index contributed by atoms with van der Waals surface area (Å²) in [5, 5.41) is 3.03. The fourth-order valence-electron chi connectivity index (χ4n) is 3.49. The van der Waals surface area contributed by atoms with Crippen LogP contribution in [-0.4, -0.2) is 74.1 Å². The number of rotatable bonds is 7. The summed E-state index contributed by atoms with van der Waals surface area (Å²) in [5.74, 6) is -0.323. The first-order chi connectivity index (χ1) is 14.6. The second-order valence-electron chi connectivity index (χ2n) is 9.37. The van der Waals surface area contributed by atoms with Gasteiger partial charge in [-0.1, -0.05) is 20.8 Å². The molecule has 1 aromatic heterocycles. The highest BCUT2D eigenvalue weighted by Crippen LogP contribution is 2.28. The zero-order valence-electron chi connectivity index (χ0n) is 19.3. The minimum atomic E-state index is -0.546. The summed E-state index contributed by atoms with van der Waals surface area (Å²) in [4.78, 5) is 26.7. The summed E-state index contributed by atoms with van der Waals surface area (Å²) in [7, 11) is 4.21. The van der Waals surface area contributed by atoms with E-state index in [-0.39, 0.29) is 11.7 Å². The normalized spacial score (nSPS) is 15.5. The van der Waals surface area contributed by atoms with Gasteiger partial charge in [0.15, 0.2) is 5.13 Å². The van der Waals surface area contributed by atoms with E-state index in [4.69, 9.17) is 4.98 Å². The predicted octanol–water partition coefficient (Wildman–Crippen LogP) is 3.55. The number of benzene rings is 1. The van der Waals surface area contributed by atoms with Gasteiger partial charge in [-0.15, -0.1) is 11.3 Å². The largest absolute Gasteiger partial charge is 0.346 e. The molecule has 1 aliphatic heterocycles. The molecule has 1 aromatic carbocycles. The summed E-state index contributed by atoms with van der Waals surface area (Å²) in [6.45, 7) is 12.2. The fourth-order valence-corrected chi connectivity index (χ4v) is 4.36. The van der Waals surface area contributed by atoms with Crippen LogP contribution < -0.4 is 9.80 Å². The van der Waals surface area contributed by atoms with Crippen LogP contribution in [0.3, 0.4) is 0 Å². The first kappa shape index (κ1) is 23.6. The Morgan fingerprint density at radius 1 is 1.13 bits per heavy atom. The topological polar surface area (TPSA) is 42.9 Å². The molecule has 0 radical (unpaired) electrons. The van der Waals surface area contributed by atoms with E-state index >= 15 is 0 Å². The second-order valence-corrected chi connectivity index (χ2v) is 10.2. The Balaban J connectivity index is 1.67. The van der Waals surface area contributed by atoms with Gasteiger partial charge in [0.2, 0.25) is 5.91 Å². The molecule has 0 bridgehead atoms. The maximum absolute atomic E-state index is 13.4. The number of carbonyl (C=O) groups excluding carboxylic acids is 1. The maximum Gasteiger partial charge on any atom is 0.232 e. The van der Waals surface area contributed by atoms with Gasteiger partial charge in [0.1, 0.15) is 5.82 Å². The van der Waals surface area contributed by atoms with Crippen LogP contribution in [0.15, 0.2) is 29.6 Å². The average Bonchev–Trinajstić information content (AvgIpc) is 3.19. The standard InChI is InChI=1S/C23H34FN5OS/c1-23(2,3)21(30)29(20-8-6-18(24)7-9-20)16-19-17-31-22(25-19)28-14-12-27(13-15-28)11-10-26(4)5/h6-9,17H,10-16H2,1-5H3. The van der Waals surface area contributed by atoms with Crippen LogP contribution in [0.5, 0.6) is 0 Å². The number of aromatic nitrogens is 1. The molecule has 0 aliphatic carbocycles. The summed E-state index contributed by atoms with van der Waals surface area (Å²) in [5.41, 5.74) is 0.998. The highest BCUT2D eigenvalue weighted by atomic mass is 32.1. The quantitative estimate of drug-likeness (QED) is 0.650. The molecule has 1 saturated heterocycles. The van der Waals surface area contributed by atoms with Gasteiger partial charge in [0.05, 0.1) is 12.2 Å². The smallest absolute Gasteiger partial charge is 0.232 e. The van der Waals surface area contributed by atoms with Gasteiger partial charge < -0.3 is 14.7 Å². The van der Waals surface area contributed by atoms with Crippen LogP contribution in [0.4, 0.5) is 15.2 Å². The van der Waals surface area contributed by atoms with E-state index in [9.17, 15) is 9.18 Å². The van der Waals surface area contributed by atoms with Crippen molar-refractivity contribution in [1.82, 2.24) is 14.8 Å². The van der Waals surface area contributed by atoms with E-state index in [1.54, 1.807) is 28.4 Å². The van der Waals surface area contributed by atoms with Crippen molar-refractivity contribution < 1.29 is 9.18 Å². The van der Waals surface area contributed by atoms with E-state index < -0.39 is 5.41 Å². The number of nitrogens with zero attached hydrogens (tertiary/aromatic N) is 5. The molecule has 8 heteroatoms. The SMILES string of the molecule is CN(C)CCN1CCN(c2nc(CN(C(=O)C(C)(C)C)c3ccc(F)cc3)cs2)CC1. The number of piperazine rings is 1. The molecule has 0 N–H and O–H groups in total. The molecule has 2 aromatic rings. The lowest BCUT2D eigenvalue weighted by Gasteiger charge is -2.35. The van der Waals surface area contributed by atoms with Crippen LogP contribution in [0.2, 0.25) is 0 Å². The number of anilines is 2. The van der Waals surface area contributed by atoms with Crippen molar-refractivity contribution in [1.29, 1.82) is 0 Å². The van der Waals surface area contributed by atoms with E-state index in [0.717, 1.165) is 50.1 Å². The average molecular weight is 448 g/mol. The minimum absolute atomic E-state index is 0.0110. The van der Waals surface area contributed by atoms with Crippen molar-refractivity contribution in [3.05, 3.63) is 41.2 Å². The molecule has 3 rings (SSSR count). The van der Waals surface area contributed by atoms with Gasteiger partial charge in [-0.25, -0.2) is 9.37 Å². The minimum Gasteiger partial charge on any atom is -0.346 e. The summed E-state index contributed by atoms with van der Waals surface area (Å²) in [6, 6.07) is 6.08. The molecule has 2 heterocycles. The molecule has 1 aliphatic rings. The van der Waals surface area contributed by atoms with Gasteiger partial charge >= 0.3 is 0 Å². The number of likely N-dealkylation sites (N-methyl/N-ethyl adjacent to an activating group) is 1. The highest BCUT2D eigenvalue weighted by Gasteiger charge is 2.29.